The highest BCUT2D eigenvalue weighted by Crippen LogP contribution is 2.25. The summed E-state index contributed by atoms with van der Waals surface area (Å²) >= 11 is 2.65. The van der Waals surface area contributed by atoms with Crippen LogP contribution in [0.3, 0.4) is 0 Å². The van der Waals surface area contributed by atoms with Crippen molar-refractivity contribution in [1.82, 2.24) is 9.55 Å². The van der Waals surface area contributed by atoms with Crippen molar-refractivity contribution in [3.63, 3.8) is 0 Å². The number of carbonyl (C=O) groups excluding carboxylic acids is 1. The first-order chi connectivity index (χ1) is 14.4. The zero-order valence-electron chi connectivity index (χ0n) is 16.9. The number of aromatic nitrogens is 2. The van der Waals surface area contributed by atoms with Gasteiger partial charge in [0.05, 0.1) is 17.0 Å². The number of anilines is 1. The zero-order valence-corrected chi connectivity index (χ0v) is 18.6. The molecule has 0 saturated heterocycles. The predicted molar refractivity (Wildman–Crippen MR) is 125 cm³/mol. The van der Waals surface area contributed by atoms with Gasteiger partial charge in [-0.3, -0.25) is 14.2 Å². The summed E-state index contributed by atoms with van der Waals surface area (Å²) < 4.78 is 2.23. The Labute approximate surface area is 182 Å². The van der Waals surface area contributed by atoms with Crippen LogP contribution in [-0.2, 0) is 4.79 Å². The van der Waals surface area contributed by atoms with Gasteiger partial charge in [-0.25, -0.2) is 4.98 Å². The van der Waals surface area contributed by atoms with Crippen molar-refractivity contribution in [3.8, 4) is 5.69 Å². The van der Waals surface area contributed by atoms with Crippen LogP contribution in [0.1, 0.15) is 16.7 Å². The van der Waals surface area contributed by atoms with E-state index in [0.29, 0.717) is 15.4 Å². The van der Waals surface area contributed by atoms with Gasteiger partial charge in [0.25, 0.3) is 5.56 Å². The van der Waals surface area contributed by atoms with E-state index < -0.39 is 0 Å². The lowest BCUT2D eigenvalue weighted by atomic mass is 10.1. The molecule has 7 heteroatoms. The number of benzene rings is 2. The molecule has 152 valence electrons. The maximum Gasteiger partial charge on any atom is 0.276 e. The lowest BCUT2D eigenvalue weighted by Crippen LogP contribution is -2.22. The van der Waals surface area contributed by atoms with Crippen LogP contribution in [0.4, 0.5) is 5.69 Å². The second kappa shape index (κ2) is 8.45. The van der Waals surface area contributed by atoms with Gasteiger partial charge in [-0.05, 0) is 67.1 Å². The van der Waals surface area contributed by atoms with Crippen LogP contribution in [0.25, 0.3) is 15.9 Å². The fraction of sp³-hybridized carbons (Fsp3) is 0.174. The van der Waals surface area contributed by atoms with Crippen LogP contribution < -0.4 is 10.9 Å². The van der Waals surface area contributed by atoms with E-state index in [2.05, 4.69) is 16.4 Å². The van der Waals surface area contributed by atoms with Crippen molar-refractivity contribution in [2.24, 2.45) is 0 Å². The van der Waals surface area contributed by atoms with E-state index in [1.54, 1.807) is 4.57 Å². The van der Waals surface area contributed by atoms with Gasteiger partial charge in [0.1, 0.15) is 4.70 Å². The summed E-state index contributed by atoms with van der Waals surface area (Å²) in [4.78, 5) is 30.5. The summed E-state index contributed by atoms with van der Waals surface area (Å²) in [6.07, 6.45) is 0. The number of rotatable bonds is 5. The third-order valence-electron chi connectivity index (χ3n) is 4.67. The van der Waals surface area contributed by atoms with E-state index in [1.807, 2.05) is 68.6 Å². The van der Waals surface area contributed by atoms with Crippen LogP contribution >= 0.6 is 23.1 Å². The lowest BCUT2D eigenvalue weighted by Gasteiger charge is -2.14. The Morgan fingerprint density at radius 3 is 2.57 bits per heavy atom. The summed E-state index contributed by atoms with van der Waals surface area (Å²) in [7, 11) is 0. The van der Waals surface area contributed by atoms with Crippen LogP contribution in [0.15, 0.2) is 63.9 Å². The van der Waals surface area contributed by atoms with Crippen molar-refractivity contribution < 1.29 is 4.79 Å². The van der Waals surface area contributed by atoms with Gasteiger partial charge < -0.3 is 5.32 Å². The maximum atomic E-state index is 13.2. The summed E-state index contributed by atoms with van der Waals surface area (Å²) in [5.41, 5.74) is 5.24. The molecule has 0 aliphatic rings. The van der Waals surface area contributed by atoms with Crippen molar-refractivity contribution >= 4 is 44.9 Å². The molecule has 4 rings (SSSR count). The molecule has 30 heavy (non-hydrogen) atoms. The fourth-order valence-electron chi connectivity index (χ4n) is 3.33. The Kier molecular flexibility index (Phi) is 5.74. The first-order valence-electron chi connectivity index (χ1n) is 9.49. The Hall–Kier alpha value is -2.90. The molecule has 2 aromatic heterocycles. The third kappa shape index (κ3) is 4.17. The summed E-state index contributed by atoms with van der Waals surface area (Å²) in [5, 5.41) is 5.31. The molecule has 0 spiro atoms. The van der Waals surface area contributed by atoms with Crippen LogP contribution in [0, 0.1) is 20.8 Å². The lowest BCUT2D eigenvalue weighted by molar-refractivity contribution is -0.113. The molecule has 5 nitrogen and oxygen atoms in total. The highest BCUT2D eigenvalue weighted by atomic mass is 32.2. The first-order valence-corrected chi connectivity index (χ1v) is 11.4. The molecule has 0 aliphatic carbocycles. The van der Waals surface area contributed by atoms with Gasteiger partial charge in [0.15, 0.2) is 5.16 Å². The number of hydrogen-bond donors (Lipinski definition) is 1. The van der Waals surface area contributed by atoms with Gasteiger partial charge in [-0.2, -0.15) is 0 Å². The van der Waals surface area contributed by atoms with E-state index in [4.69, 9.17) is 0 Å². The largest absolute Gasteiger partial charge is 0.325 e. The summed E-state index contributed by atoms with van der Waals surface area (Å²) in [6.45, 7) is 5.95. The Morgan fingerprint density at radius 2 is 1.83 bits per heavy atom. The number of amides is 1. The first kappa shape index (κ1) is 20.4. The van der Waals surface area contributed by atoms with E-state index in [0.717, 1.165) is 28.1 Å². The molecule has 1 N–H and O–H groups in total. The van der Waals surface area contributed by atoms with Gasteiger partial charge in [0.2, 0.25) is 5.91 Å². The molecule has 0 fully saturated rings. The predicted octanol–water partition coefficient (Wildman–Crippen LogP) is 5.10. The number of para-hydroxylation sites is 1. The second-order valence-electron chi connectivity index (χ2n) is 7.17. The highest BCUT2D eigenvalue weighted by molar-refractivity contribution is 7.99. The topological polar surface area (TPSA) is 64.0 Å². The Morgan fingerprint density at radius 1 is 1.10 bits per heavy atom. The number of nitrogens with one attached hydrogen (secondary N) is 1. The molecular formula is C23H21N3O2S2. The van der Waals surface area contributed by atoms with Gasteiger partial charge >= 0.3 is 0 Å². The van der Waals surface area contributed by atoms with E-state index in [9.17, 15) is 9.59 Å². The minimum Gasteiger partial charge on any atom is -0.325 e. The molecule has 1 amide bonds. The van der Waals surface area contributed by atoms with Crippen molar-refractivity contribution in [3.05, 3.63) is 81.0 Å². The van der Waals surface area contributed by atoms with E-state index in [-0.39, 0.29) is 17.2 Å². The molecule has 2 heterocycles. The minimum atomic E-state index is -0.138. The maximum absolute atomic E-state index is 13.2. The van der Waals surface area contributed by atoms with Crippen molar-refractivity contribution in [1.29, 1.82) is 0 Å². The molecule has 0 saturated carbocycles. The molecule has 2 aromatic carbocycles. The smallest absolute Gasteiger partial charge is 0.276 e. The van der Waals surface area contributed by atoms with Crippen LogP contribution in [0.5, 0.6) is 0 Å². The van der Waals surface area contributed by atoms with Crippen LogP contribution in [0.2, 0.25) is 0 Å². The Bertz CT molecular complexity index is 1290. The zero-order chi connectivity index (χ0) is 21.3. The standard InChI is InChI=1S/C23H21N3O2S2/c1-14-10-15(2)12-17(11-14)26-22(28)21-19(8-9-29-21)25-23(26)30-13-20(27)24-18-7-5-4-6-16(18)3/h4-12H,13H2,1-3H3,(H,24,27). The van der Waals surface area contributed by atoms with Crippen molar-refractivity contribution in [2.75, 3.05) is 11.1 Å². The number of carbonyl (C=O) groups is 1. The summed E-state index contributed by atoms with van der Waals surface area (Å²) in [6, 6.07) is 15.5. The fourth-order valence-corrected chi connectivity index (χ4v) is 4.90. The van der Waals surface area contributed by atoms with Gasteiger partial charge in [-0.1, -0.05) is 36.0 Å². The molecular weight excluding hydrogens is 414 g/mol. The monoisotopic (exact) mass is 435 g/mol. The number of nitrogens with zero attached hydrogens (tertiary/aromatic N) is 2. The number of fused-ring (bicyclic) bond motifs is 1. The van der Waals surface area contributed by atoms with Gasteiger partial charge in [0, 0.05) is 5.69 Å². The normalized spacial score (nSPS) is 11.0. The highest BCUT2D eigenvalue weighted by Gasteiger charge is 2.16. The molecule has 0 radical (unpaired) electrons. The molecule has 0 atom stereocenters. The number of thiophene rings is 1. The quantitative estimate of drug-likeness (QED) is 0.350. The third-order valence-corrected chi connectivity index (χ3v) is 6.50. The Balaban J connectivity index is 1.68. The number of thioether (sulfide) groups is 1. The van der Waals surface area contributed by atoms with E-state index >= 15 is 0 Å². The molecule has 4 aromatic rings. The molecule has 0 aliphatic heterocycles. The minimum absolute atomic E-state index is 0.109. The average Bonchev–Trinajstić information content (AvgIpc) is 3.16. The number of aryl methyl sites for hydroxylation is 3. The second-order valence-corrected chi connectivity index (χ2v) is 9.03. The van der Waals surface area contributed by atoms with Crippen molar-refractivity contribution in [2.45, 2.75) is 25.9 Å². The van der Waals surface area contributed by atoms with E-state index in [1.165, 1.54) is 23.1 Å². The van der Waals surface area contributed by atoms with Crippen LogP contribution in [-0.4, -0.2) is 21.2 Å². The molecule has 0 unspecified atom stereocenters. The van der Waals surface area contributed by atoms with Gasteiger partial charge in [-0.15, -0.1) is 11.3 Å². The average molecular weight is 436 g/mol. The number of hydrogen-bond acceptors (Lipinski definition) is 5. The molecule has 0 bridgehead atoms. The SMILES string of the molecule is Cc1cc(C)cc(-n2c(SCC(=O)Nc3ccccc3C)nc3ccsc3c2=O)c1. The summed E-state index contributed by atoms with van der Waals surface area (Å²) in [5.74, 6) is 0.0160.